The zero-order valence-electron chi connectivity index (χ0n) is 6.97. The molecule has 0 aliphatic heterocycles. The Morgan fingerprint density at radius 2 is 1.70 bits per heavy atom. The second-order valence-corrected chi connectivity index (χ2v) is 5.07. The van der Waals surface area contributed by atoms with Crippen molar-refractivity contribution in [1.82, 2.24) is 0 Å². The fraction of sp³-hybridized carbons (Fsp3) is 0.875. The van der Waals surface area contributed by atoms with Crippen LogP contribution >= 0.6 is 7.92 Å². The maximum Gasteiger partial charge on any atom is 0.124 e. The summed E-state index contributed by atoms with van der Waals surface area (Å²) in [6, 6.07) is 0. The maximum atomic E-state index is 10.2. The second-order valence-electron chi connectivity index (χ2n) is 2.47. The molecule has 0 rings (SSSR count). The van der Waals surface area contributed by atoms with Crippen molar-refractivity contribution in [3.63, 3.8) is 0 Å². The molecule has 0 N–H and O–H groups in total. The van der Waals surface area contributed by atoms with E-state index in [0.717, 1.165) is 12.4 Å². The van der Waals surface area contributed by atoms with Gasteiger partial charge in [-0.1, -0.05) is 34.6 Å². The average Bonchev–Trinajstić information content (AvgIpc) is 1.90. The predicted molar refractivity (Wildman–Crippen MR) is 48.2 cm³/mol. The van der Waals surface area contributed by atoms with Crippen LogP contribution in [0.4, 0.5) is 0 Å². The van der Waals surface area contributed by atoms with Gasteiger partial charge in [0.15, 0.2) is 0 Å². The summed E-state index contributed by atoms with van der Waals surface area (Å²) in [5, 5.41) is 0. The van der Waals surface area contributed by atoms with Gasteiger partial charge in [0.2, 0.25) is 0 Å². The summed E-state index contributed by atoms with van der Waals surface area (Å²) in [7, 11) is 0.0710. The lowest BCUT2D eigenvalue weighted by Gasteiger charge is -2.11. The Balaban J connectivity index is 3.38. The number of aldehydes is 1. The van der Waals surface area contributed by atoms with Gasteiger partial charge in [-0.25, -0.2) is 0 Å². The van der Waals surface area contributed by atoms with Gasteiger partial charge < -0.3 is 4.79 Å². The van der Waals surface area contributed by atoms with Crippen molar-refractivity contribution in [1.29, 1.82) is 0 Å². The van der Waals surface area contributed by atoms with E-state index < -0.39 is 0 Å². The number of hydrogen-bond acceptors (Lipinski definition) is 1. The summed E-state index contributed by atoms with van der Waals surface area (Å²) >= 11 is 0. The lowest BCUT2D eigenvalue weighted by Crippen LogP contribution is -1.94. The number of rotatable bonds is 6. The first-order valence-corrected chi connectivity index (χ1v) is 5.90. The Hall–Kier alpha value is 0.100. The Morgan fingerprint density at radius 3 is 2.00 bits per heavy atom. The molecule has 2 heteroatoms. The lowest BCUT2D eigenvalue weighted by molar-refractivity contribution is -0.105. The minimum Gasteiger partial charge on any atom is -0.303 e. The van der Waals surface area contributed by atoms with Gasteiger partial charge in [0, 0.05) is 6.16 Å². The SMILES string of the molecule is CCCP(CC=O)CCC. The smallest absolute Gasteiger partial charge is 0.124 e. The third kappa shape index (κ3) is 4.93. The first-order valence-electron chi connectivity index (χ1n) is 4.01. The lowest BCUT2D eigenvalue weighted by atomic mass is 10.6. The molecule has 0 fully saturated rings. The van der Waals surface area contributed by atoms with Gasteiger partial charge in [-0.05, 0) is 12.3 Å². The molecule has 0 saturated carbocycles. The first-order chi connectivity index (χ1) is 4.85. The van der Waals surface area contributed by atoms with Crippen LogP contribution in [0.2, 0.25) is 0 Å². The van der Waals surface area contributed by atoms with Gasteiger partial charge in [0.1, 0.15) is 6.29 Å². The molecule has 0 heterocycles. The van der Waals surface area contributed by atoms with E-state index in [1.54, 1.807) is 0 Å². The summed E-state index contributed by atoms with van der Waals surface area (Å²) in [5.41, 5.74) is 0. The molecule has 60 valence electrons. The molecule has 0 radical (unpaired) electrons. The van der Waals surface area contributed by atoms with Crippen LogP contribution in [-0.4, -0.2) is 24.8 Å². The van der Waals surface area contributed by atoms with Crippen molar-refractivity contribution in [3.8, 4) is 0 Å². The number of carbonyl (C=O) groups excluding carboxylic acids is 1. The molecule has 0 aromatic carbocycles. The highest BCUT2D eigenvalue weighted by molar-refractivity contribution is 7.58. The third-order valence-corrected chi connectivity index (χ3v) is 4.24. The van der Waals surface area contributed by atoms with E-state index in [9.17, 15) is 4.79 Å². The van der Waals surface area contributed by atoms with Crippen LogP contribution in [0.1, 0.15) is 26.7 Å². The minimum atomic E-state index is 0.0710. The van der Waals surface area contributed by atoms with Crippen LogP contribution in [0.3, 0.4) is 0 Å². The molecular formula is C8H17OP. The van der Waals surface area contributed by atoms with Crippen molar-refractivity contribution >= 4 is 14.2 Å². The van der Waals surface area contributed by atoms with E-state index in [2.05, 4.69) is 13.8 Å². The Morgan fingerprint density at radius 1 is 1.20 bits per heavy atom. The molecule has 0 aliphatic carbocycles. The van der Waals surface area contributed by atoms with Gasteiger partial charge in [-0.2, -0.15) is 0 Å². The monoisotopic (exact) mass is 160 g/mol. The van der Waals surface area contributed by atoms with E-state index in [1.165, 1.54) is 25.2 Å². The van der Waals surface area contributed by atoms with E-state index in [-0.39, 0.29) is 7.92 Å². The molecule has 0 spiro atoms. The first kappa shape index (κ1) is 10.1. The van der Waals surface area contributed by atoms with Crippen LogP contribution in [0.25, 0.3) is 0 Å². The fourth-order valence-electron chi connectivity index (χ4n) is 1.03. The van der Waals surface area contributed by atoms with Crippen molar-refractivity contribution < 1.29 is 4.79 Å². The van der Waals surface area contributed by atoms with E-state index in [0.29, 0.717) is 0 Å². The van der Waals surface area contributed by atoms with Crippen molar-refractivity contribution in [2.75, 3.05) is 18.5 Å². The summed E-state index contributed by atoms with van der Waals surface area (Å²) in [6.45, 7) is 4.38. The summed E-state index contributed by atoms with van der Waals surface area (Å²) in [6.07, 6.45) is 6.94. The largest absolute Gasteiger partial charge is 0.303 e. The molecule has 0 aliphatic rings. The second kappa shape index (κ2) is 7.21. The van der Waals surface area contributed by atoms with Crippen LogP contribution in [0.5, 0.6) is 0 Å². The highest BCUT2D eigenvalue weighted by atomic mass is 31.1. The van der Waals surface area contributed by atoms with Crippen LogP contribution in [0, 0.1) is 0 Å². The Bertz CT molecular complexity index is 77.3. The van der Waals surface area contributed by atoms with Crippen molar-refractivity contribution in [3.05, 3.63) is 0 Å². The van der Waals surface area contributed by atoms with Crippen molar-refractivity contribution in [2.45, 2.75) is 26.7 Å². The van der Waals surface area contributed by atoms with Crippen LogP contribution in [0.15, 0.2) is 0 Å². The van der Waals surface area contributed by atoms with E-state index in [4.69, 9.17) is 0 Å². The van der Waals surface area contributed by atoms with Crippen LogP contribution < -0.4 is 0 Å². The number of hydrogen-bond donors (Lipinski definition) is 0. The predicted octanol–water partition coefficient (Wildman–Crippen LogP) is 2.49. The zero-order valence-corrected chi connectivity index (χ0v) is 7.86. The maximum absolute atomic E-state index is 10.2. The molecule has 1 nitrogen and oxygen atoms in total. The molecular weight excluding hydrogens is 143 g/mol. The average molecular weight is 160 g/mol. The molecule has 0 atom stereocenters. The number of carbonyl (C=O) groups is 1. The minimum absolute atomic E-state index is 0.0710. The Labute approximate surface area is 65.0 Å². The quantitative estimate of drug-likeness (QED) is 0.431. The summed E-state index contributed by atoms with van der Waals surface area (Å²) in [4.78, 5) is 10.2. The highest BCUT2D eigenvalue weighted by Gasteiger charge is 2.02. The molecule has 0 aromatic heterocycles. The van der Waals surface area contributed by atoms with Gasteiger partial charge in [-0.3, -0.25) is 0 Å². The van der Waals surface area contributed by atoms with Gasteiger partial charge in [0.05, 0.1) is 0 Å². The van der Waals surface area contributed by atoms with Crippen molar-refractivity contribution in [2.24, 2.45) is 0 Å². The highest BCUT2D eigenvalue weighted by Crippen LogP contribution is 2.35. The fourth-order valence-corrected chi connectivity index (χ4v) is 3.10. The molecule has 0 unspecified atom stereocenters. The molecule has 0 saturated heterocycles. The molecule has 0 bridgehead atoms. The summed E-state index contributed by atoms with van der Waals surface area (Å²) in [5.74, 6) is 0. The van der Waals surface area contributed by atoms with Gasteiger partial charge in [0.25, 0.3) is 0 Å². The zero-order chi connectivity index (χ0) is 7.82. The molecule has 0 aromatic rings. The standard InChI is InChI=1S/C8H17OP/c1-3-6-10(7-4-2)8-5-9/h5H,3-4,6-8H2,1-2H3. The van der Waals surface area contributed by atoms with E-state index in [1.807, 2.05) is 0 Å². The third-order valence-electron chi connectivity index (χ3n) is 1.41. The Kier molecular flexibility index (Phi) is 7.28. The van der Waals surface area contributed by atoms with E-state index >= 15 is 0 Å². The van der Waals surface area contributed by atoms with Gasteiger partial charge >= 0.3 is 0 Å². The van der Waals surface area contributed by atoms with Gasteiger partial charge in [-0.15, -0.1) is 0 Å². The summed E-state index contributed by atoms with van der Waals surface area (Å²) < 4.78 is 0. The molecule has 10 heavy (non-hydrogen) atoms. The topological polar surface area (TPSA) is 17.1 Å². The molecule has 0 amide bonds. The normalized spacial score (nSPS) is 10.3. The van der Waals surface area contributed by atoms with Crippen LogP contribution in [-0.2, 0) is 4.79 Å².